The molecule has 1 N–H and O–H groups in total. The van der Waals surface area contributed by atoms with Gasteiger partial charge in [-0.3, -0.25) is 24.6 Å². The number of carbonyl (C=O) groups is 2. The first-order valence-electron chi connectivity index (χ1n) is 9.35. The number of amides is 1. The SMILES string of the molecule is O=C1C(=O)N(c2ccc(F)cc2)[C@H](c2cccc([N+](=O)[O-])c2)/C1=C(\O)c1ccc(Cl)cc1. The third-order valence-electron chi connectivity index (χ3n) is 5.06. The van der Waals surface area contributed by atoms with Gasteiger partial charge >= 0.3 is 0 Å². The van der Waals surface area contributed by atoms with Gasteiger partial charge in [0.1, 0.15) is 11.6 Å². The lowest BCUT2D eigenvalue weighted by atomic mass is 9.95. The van der Waals surface area contributed by atoms with Crippen LogP contribution in [0.15, 0.2) is 78.4 Å². The first kappa shape index (κ1) is 21.2. The van der Waals surface area contributed by atoms with E-state index in [0.717, 1.165) is 17.0 Å². The van der Waals surface area contributed by atoms with Crippen molar-refractivity contribution in [1.29, 1.82) is 0 Å². The number of nitro groups is 1. The number of anilines is 1. The lowest BCUT2D eigenvalue weighted by molar-refractivity contribution is -0.384. The summed E-state index contributed by atoms with van der Waals surface area (Å²) in [7, 11) is 0. The van der Waals surface area contributed by atoms with Crippen molar-refractivity contribution in [3.05, 3.63) is 110 Å². The molecular formula is C23H14ClFN2O5. The fourth-order valence-electron chi connectivity index (χ4n) is 3.59. The molecule has 1 amide bonds. The fourth-order valence-corrected chi connectivity index (χ4v) is 3.71. The number of Topliss-reactive ketones (excluding diaryl/α,β-unsaturated/α-hetero) is 1. The van der Waals surface area contributed by atoms with E-state index in [2.05, 4.69) is 0 Å². The van der Waals surface area contributed by atoms with Gasteiger partial charge in [0.05, 0.1) is 16.5 Å². The number of rotatable bonds is 4. The molecule has 32 heavy (non-hydrogen) atoms. The minimum atomic E-state index is -1.17. The zero-order chi connectivity index (χ0) is 23.0. The van der Waals surface area contributed by atoms with Crippen LogP contribution in [0.25, 0.3) is 5.76 Å². The standard InChI is InChI=1S/C23H14ClFN2O5/c24-15-6-4-13(5-7-15)21(28)19-20(14-2-1-3-18(12-14)27(31)32)26(23(30)22(19)29)17-10-8-16(25)9-11-17/h1-12,20,28H/b21-19+/t20-/m1/s1. The summed E-state index contributed by atoms with van der Waals surface area (Å²) >= 11 is 5.89. The summed E-state index contributed by atoms with van der Waals surface area (Å²) < 4.78 is 13.5. The molecule has 0 saturated carbocycles. The van der Waals surface area contributed by atoms with Crippen LogP contribution in [-0.2, 0) is 9.59 Å². The summed E-state index contributed by atoms with van der Waals surface area (Å²) in [5.74, 6) is -2.93. The number of carbonyl (C=O) groups excluding carboxylic acids is 2. The Morgan fingerprint density at radius 1 is 1.03 bits per heavy atom. The summed E-state index contributed by atoms with van der Waals surface area (Å²) in [5, 5.41) is 22.7. The van der Waals surface area contributed by atoms with Gasteiger partial charge in [-0.05, 0) is 54.1 Å². The summed E-state index contributed by atoms with van der Waals surface area (Å²) in [6.45, 7) is 0. The van der Waals surface area contributed by atoms with Gasteiger partial charge in [-0.25, -0.2) is 4.39 Å². The number of nitro benzene ring substituents is 1. The molecule has 1 atom stereocenters. The van der Waals surface area contributed by atoms with Gasteiger partial charge in [-0.1, -0.05) is 23.7 Å². The van der Waals surface area contributed by atoms with Crippen LogP contribution in [-0.4, -0.2) is 21.7 Å². The summed E-state index contributed by atoms with van der Waals surface area (Å²) in [6, 6.07) is 15.1. The fraction of sp³-hybridized carbons (Fsp3) is 0.0435. The van der Waals surface area contributed by atoms with Crippen LogP contribution in [0.3, 0.4) is 0 Å². The average molecular weight is 453 g/mol. The Bertz CT molecular complexity index is 1270. The highest BCUT2D eigenvalue weighted by Crippen LogP contribution is 2.42. The zero-order valence-corrected chi connectivity index (χ0v) is 17.0. The quantitative estimate of drug-likeness (QED) is 0.197. The molecule has 0 radical (unpaired) electrons. The molecule has 0 bridgehead atoms. The summed E-state index contributed by atoms with van der Waals surface area (Å²) in [6.07, 6.45) is 0. The monoisotopic (exact) mass is 452 g/mol. The third-order valence-corrected chi connectivity index (χ3v) is 5.32. The third kappa shape index (κ3) is 3.72. The summed E-state index contributed by atoms with van der Waals surface area (Å²) in [5.41, 5.74) is 0.168. The van der Waals surface area contributed by atoms with Gasteiger partial charge in [-0.2, -0.15) is 0 Å². The van der Waals surface area contributed by atoms with E-state index in [1.54, 1.807) is 0 Å². The van der Waals surface area contributed by atoms with Gasteiger partial charge in [0.2, 0.25) is 0 Å². The number of hydrogen-bond acceptors (Lipinski definition) is 5. The number of nitrogens with zero attached hydrogens (tertiary/aromatic N) is 2. The molecule has 9 heteroatoms. The number of halogens is 2. The number of aliphatic hydroxyl groups is 1. The van der Waals surface area contributed by atoms with Crippen LogP contribution in [0.5, 0.6) is 0 Å². The van der Waals surface area contributed by atoms with Gasteiger partial charge in [0.25, 0.3) is 17.4 Å². The van der Waals surface area contributed by atoms with Crippen molar-refractivity contribution in [2.24, 2.45) is 0 Å². The normalized spacial score (nSPS) is 17.6. The van der Waals surface area contributed by atoms with E-state index < -0.39 is 34.2 Å². The molecule has 0 spiro atoms. The second-order valence-electron chi connectivity index (χ2n) is 7.00. The first-order chi connectivity index (χ1) is 15.3. The molecule has 3 aromatic carbocycles. The highest BCUT2D eigenvalue weighted by Gasteiger charge is 2.47. The number of hydrogen-bond donors (Lipinski definition) is 1. The Balaban J connectivity index is 1.96. The van der Waals surface area contributed by atoms with Crippen LogP contribution < -0.4 is 4.90 Å². The van der Waals surface area contributed by atoms with Crippen molar-refractivity contribution in [3.63, 3.8) is 0 Å². The van der Waals surface area contributed by atoms with Gasteiger partial charge in [0, 0.05) is 28.4 Å². The minimum Gasteiger partial charge on any atom is -0.507 e. The average Bonchev–Trinajstić information content (AvgIpc) is 3.05. The highest BCUT2D eigenvalue weighted by atomic mass is 35.5. The molecule has 160 valence electrons. The molecular weight excluding hydrogens is 439 g/mol. The van der Waals surface area contributed by atoms with Crippen LogP contribution in [0.2, 0.25) is 5.02 Å². The van der Waals surface area contributed by atoms with E-state index in [1.165, 1.54) is 60.7 Å². The smallest absolute Gasteiger partial charge is 0.300 e. The Morgan fingerprint density at radius 2 is 1.69 bits per heavy atom. The molecule has 0 unspecified atom stereocenters. The maximum Gasteiger partial charge on any atom is 0.300 e. The predicted molar refractivity (Wildman–Crippen MR) is 116 cm³/mol. The number of benzene rings is 3. The number of non-ortho nitro benzene ring substituents is 1. The van der Waals surface area contributed by atoms with E-state index in [9.17, 15) is 29.2 Å². The number of aliphatic hydroxyl groups excluding tert-OH is 1. The molecule has 1 saturated heterocycles. The van der Waals surface area contributed by atoms with Crippen molar-refractivity contribution in [2.75, 3.05) is 4.90 Å². The lowest BCUT2D eigenvalue weighted by Gasteiger charge is -2.25. The van der Waals surface area contributed by atoms with E-state index in [1.807, 2.05) is 0 Å². The Labute approximate surface area is 186 Å². The maximum atomic E-state index is 13.5. The van der Waals surface area contributed by atoms with Gasteiger partial charge < -0.3 is 5.11 Å². The van der Waals surface area contributed by atoms with E-state index >= 15 is 0 Å². The Hall–Kier alpha value is -4.04. The molecule has 1 aliphatic rings. The topological polar surface area (TPSA) is 101 Å². The van der Waals surface area contributed by atoms with Gasteiger partial charge in [-0.15, -0.1) is 0 Å². The van der Waals surface area contributed by atoms with Crippen molar-refractivity contribution in [1.82, 2.24) is 0 Å². The van der Waals surface area contributed by atoms with Crippen molar-refractivity contribution < 1.29 is 24.0 Å². The Morgan fingerprint density at radius 3 is 2.31 bits per heavy atom. The minimum absolute atomic E-state index is 0.195. The van der Waals surface area contributed by atoms with Crippen LogP contribution in [0.1, 0.15) is 17.2 Å². The summed E-state index contributed by atoms with van der Waals surface area (Å²) in [4.78, 5) is 37.8. The molecule has 1 aliphatic heterocycles. The molecule has 7 nitrogen and oxygen atoms in total. The largest absolute Gasteiger partial charge is 0.507 e. The molecule has 4 rings (SSSR count). The number of ketones is 1. The second kappa shape index (κ2) is 8.24. The molecule has 0 aliphatic carbocycles. The Kier molecular flexibility index (Phi) is 5.46. The van der Waals surface area contributed by atoms with Crippen molar-refractivity contribution in [2.45, 2.75) is 6.04 Å². The van der Waals surface area contributed by atoms with Gasteiger partial charge in [0.15, 0.2) is 0 Å². The molecule has 1 heterocycles. The van der Waals surface area contributed by atoms with Crippen molar-refractivity contribution in [3.8, 4) is 0 Å². The van der Waals surface area contributed by atoms with Crippen LogP contribution in [0.4, 0.5) is 15.8 Å². The first-order valence-corrected chi connectivity index (χ1v) is 9.72. The maximum absolute atomic E-state index is 13.5. The second-order valence-corrected chi connectivity index (χ2v) is 7.44. The molecule has 3 aromatic rings. The van der Waals surface area contributed by atoms with Crippen molar-refractivity contribution >= 4 is 40.4 Å². The van der Waals surface area contributed by atoms with Crippen LogP contribution in [0, 0.1) is 15.9 Å². The molecule has 1 fully saturated rings. The zero-order valence-electron chi connectivity index (χ0n) is 16.2. The van der Waals surface area contributed by atoms with E-state index in [-0.39, 0.29) is 28.1 Å². The van der Waals surface area contributed by atoms with E-state index in [0.29, 0.717) is 5.02 Å². The molecule has 0 aromatic heterocycles. The van der Waals surface area contributed by atoms with E-state index in [4.69, 9.17) is 11.6 Å². The lowest BCUT2D eigenvalue weighted by Crippen LogP contribution is -2.29. The van der Waals surface area contributed by atoms with Crippen LogP contribution >= 0.6 is 11.6 Å². The highest BCUT2D eigenvalue weighted by molar-refractivity contribution is 6.51. The predicted octanol–water partition coefficient (Wildman–Crippen LogP) is 5.01.